The highest BCUT2D eigenvalue weighted by atomic mass is 16.6. The van der Waals surface area contributed by atoms with Gasteiger partial charge in [-0.2, -0.15) is 0 Å². The molecule has 0 unspecified atom stereocenters. The lowest BCUT2D eigenvalue weighted by molar-refractivity contribution is -0.143. The Morgan fingerprint density at radius 1 is 0.772 bits per heavy atom. The molecule has 21 heteroatoms. The molecule has 6 N–H and O–H groups in total. The van der Waals surface area contributed by atoms with E-state index < -0.39 is 52.6 Å². The van der Waals surface area contributed by atoms with Gasteiger partial charge in [0, 0.05) is 97.2 Å². The highest BCUT2D eigenvalue weighted by Crippen LogP contribution is 2.35. The number of rotatable bonds is 14. The summed E-state index contributed by atoms with van der Waals surface area (Å²) in [5.74, 6) is -3.33. The van der Waals surface area contributed by atoms with Crippen LogP contribution in [0.25, 0.3) is 0 Å². The lowest BCUT2D eigenvalue weighted by atomic mass is 9.77. The largest absolute Gasteiger partial charge is 0.481 e. The Labute approximate surface area is 326 Å². The van der Waals surface area contributed by atoms with Gasteiger partial charge in [-0.3, -0.25) is 28.8 Å². The molecule has 1 aliphatic rings. The molecule has 57 heavy (non-hydrogen) atoms. The first-order chi connectivity index (χ1) is 26.7. The molecule has 1 aliphatic heterocycles. The first-order valence-electron chi connectivity index (χ1n) is 17.7. The van der Waals surface area contributed by atoms with Gasteiger partial charge in [0.1, 0.15) is 17.0 Å². The molecule has 4 aromatic rings. The van der Waals surface area contributed by atoms with Gasteiger partial charge in [-0.25, -0.2) is 14.8 Å². The van der Waals surface area contributed by atoms with Gasteiger partial charge >= 0.3 is 12.1 Å². The molecule has 1 saturated heterocycles. The summed E-state index contributed by atoms with van der Waals surface area (Å²) in [6.45, 7) is 5.35. The molecule has 5 rings (SSSR count). The van der Waals surface area contributed by atoms with Crippen molar-refractivity contribution in [3.8, 4) is 0 Å². The maximum Gasteiger partial charge on any atom is 0.410 e. The highest BCUT2D eigenvalue weighted by Gasteiger charge is 2.48. The number of amides is 6. The number of carbonyl (C=O) groups is 7. The summed E-state index contributed by atoms with van der Waals surface area (Å²) in [6.07, 6.45) is 6.73. The van der Waals surface area contributed by atoms with E-state index in [4.69, 9.17) is 4.74 Å². The second-order valence-corrected chi connectivity index (χ2v) is 14.9. The standard InChI is InChI=1S/C36H46N12O9/c1-35(2,3)57-34(56)48-19-36(20-48,14-27(50)51)18-39-31(53)24-13-22(16-46(24)6)41-33(55)29-43-25(17-47(29)7)42-26(49)8-9-38-30(52)23-12-21(15-45(23)5)40-32(54)28-37-10-11-44(28)4/h10-13,15-17H,8-9,14,18-20H2,1-7H3,(H,38,52)(H,39,53)(H,40,54)(H,41,55)(H,42,49)(H,50,51). The molecular weight excluding hydrogens is 744 g/mol. The summed E-state index contributed by atoms with van der Waals surface area (Å²) < 4.78 is 11.4. The first-order valence-corrected chi connectivity index (χ1v) is 17.7. The minimum Gasteiger partial charge on any atom is -0.481 e. The number of carboxylic acids is 1. The van der Waals surface area contributed by atoms with Crippen LogP contribution in [0.5, 0.6) is 0 Å². The number of carboxylic acid groups (broad SMARTS) is 1. The summed E-state index contributed by atoms with van der Waals surface area (Å²) in [4.78, 5) is 97.9. The molecule has 0 aliphatic carbocycles. The van der Waals surface area contributed by atoms with Crippen LogP contribution in [-0.4, -0.2) is 112 Å². The van der Waals surface area contributed by atoms with Gasteiger partial charge < -0.3 is 59.6 Å². The Morgan fingerprint density at radius 2 is 1.35 bits per heavy atom. The third-order valence-corrected chi connectivity index (χ3v) is 8.85. The second-order valence-electron chi connectivity index (χ2n) is 14.9. The normalized spacial score (nSPS) is 13.3. The van der Waals surface area contributed by atoms with E-state index in [1.807, 2.05) is 0 Å². The van der Waals surface area contributed by atoms with Crippen molar-refractivity contribution in [3.05, 3.63) is 66.2 Å². The number of hydrogen-bond acceptors (Lipinski definition) is 10. The maximum absolute atomic E-state index is 13.2. The molecule has 21 nitrogen and oxygen atoms in total. The molecule has 6 amide bonds. The van der Waals surface area contributed by atoms with Crippen LogP contribution >= 0.6 is 0 Å². The smallest absolute Gasteiger partial charge is 0.410 e. The SMILES string of the molecule is Cn1cc(NC(=O)c2nccn2C)cc1C(=O)NCCC(=O)Nc1cn(C)c(C(=O)Nc2cc(C(=O)NCC3(CC(=O)O)CN(C(=O)OC(C)(C)C)C3)n(C)c2)n1. The summed E-state index contributed by atoms with van der Waals surface area (Å²) in [5.41, 5.74) is -0.493. The third kappa shape index (κ3) is 10.2. The Hall–Kier alpha value is -6.93. The highest BCUT2D eigenvalue weighted by molar-refractivity contribution is 6.04. The van der Waals surface area contributed by atoms with Crippen molar-refractivity contribution < 1.29 is 43.4 Å². The number of carbonyl (C=O) groups excluding carboxylic acids is 6. The number of aliphatic carboxylic acids is 1. The van der Waals surface area contributed by atoms with E-state index in [2.05, 4.69) is 36.6 Å². The minimum absolute atomic E-state index is 0.0131. The number of likely N-dealkylation sites (tertiary alicyclic amines) is 1. The van der Waals surface area contributed by atoms with Gasteiger partial charge in [0.15, 0.2) is 11.6 Å². The molecular formula is C36H46N12O9. The van der Waals surface area contributed by atoms with Crippen LogP contribution in [-0.2, 0) is 42.5 Å². The van der Waals surface area contributed by atoms with Crippen molar-refractivity contribution in [2.75, 3.05) is 42.1 Å². The van der Waals surface area contributed by atoms with Gasteiger partial charge in [-0.05, 0) is 32.9 Å². The second kappa shape index (κ2) is 16.4. The lowest BCUT2D eigenvalue weighted by Gasteiger charge is -2.49. The molecule has 304 valence electrons. The fourth-order valence-electron chi connectivity index (χ4n) is 6.18. The molecule has 0 radical (unpaired) electrons. The Kier molecular flexibility index (Phi) is 11.9. The van der Waals surface area contributed by atoms with Crippen LogP contribution in [0.15, 0.2) is 43.1 Å². The number of imidazole rings is 2. The third-order valence-electron chi connectivity index (χ3n) is 8.85. The minimum atomic E-state index is -1.07. The van der Waals surface area contributed by atoms with Crippen molar-refractivity contribution in [2.24, 2.45) is 33.6 Å². The van der Waals surface area contributed by atoms with E-state index in [1.54, 1.807) is 65.9 Å². The fraction of sp³-hybridized carbons (Fsp3) is 0.417. The Balaban J connectivity index is 1.09. The van der Waals surface area contributed by atoms with E-state index >= 15 is 0 Å². The summed E-state index contributed by atoms with van der Waals surface area (Å²) in [5, 5.41) is 22.9. The van der Waals surface area contributed by atoms with Crippen LogP contribution in [0, 0.1) is 5.41 Å². The predicted octanol–water partition coefficient (Wildman–Crippen LogP) is 1.54. The average molecular weight is 791 g/mol. The lowest BCUT2D eigenvalue weighted by Crippen LogP contribution is -2.63. The fourth-order valence-corrected chi connectivity index (χ4v) is 6.18. The number of aromatic nitrogens is 6. The van der Waals surface area contributed by atoms with E-state index in [9.17, 15) is 38.7 Å². The van der Waals surface area contributed by atoms with E-state index in [0.717, 1.165) is 0 Å². The van der Waals surface area contributed by atoms with E-state index in [-0.39, 0.29) is 73.6 Å². The van der Waals surface area contributed by atoms with Gasteiger partial charge in [0.05, 0.1) is 17.8 Å². The Morgan fingerprint density at radius 3 is 1.89 bits per heavy atom. The monoisotopic (exact) mass is 790 g/mol. The van der Waals surface area contributed by atoms with Crippen molar-refractivity contribution in [1.29, 1.82) is 0 Å². The molecule has 0 spiro atoms. The number of ether oxygens (including phenoxy) is 1. The summed E-state index contributed by atoms with van der Waals surface area (Å²) >= 11 is 0. The maximum atomic E-state index is 13.2. The number of anilines is 3. The van der Waals surface area contributed by atoms with Gasteiger partial charge in [0.2, 0.25) is 11.7 Å². The molecule has 0 atom stereocenters. The van der Waals surface area contributed by atoms with Crippen molar-refractivity contribution in [3.63, 3.8) is 0 Å². The van der Waals surface area contributed by atoms with Crippen molar-refractivity contribution in [1.82, 2.24) is 43.8 Å². The van der Waals surface area contributed by atoms with Crippen molar-refractivity contribution >= 4 is 58.8 Å². The van der Waals surface area contributed by atoms with Crippen LogP contribution in [0.3, 0.4) is 0 Å². The topological polar surface area (TPSA) is 258 Å². The number of nitrogens with zero attached hydrogens (tertiary/aromatic N) is 7. The van der Waals surface area contributed by atoms with Crippen LogP contribution in [0.1, 0.15) is 75.8 Å². The van der Waals surface area contributed by atoms with E-state index in [0.29, 0.717) is 5.69 Å². The van der Waals surface area contributed by atoms with Crippen LogP contribution < -0.4 is 26.6 Å². The summed E-state index contributed by atoms with van der Waals surface area (Å²) in [7, 11) is 6.49. The average Bonchev–Trinajstić information content (AvgIpc) is 3.87. The number of hydrogen-bond donors (Lipinski definition) is 6. The zero-order valence-electron chi connectivity index (χ0n) is 32.6. The zero-order valence-corrected chi connectivity index (χ0v) is 32.6. The number of nitrogens with one attached hydrogen (secondary N) is 5. The van der Waals surface area contributed by atoms with Crippen LogP contribution in [0.2, 0.25) is 0 Å². The van der Waals surface area contributed by atoms with Gasteiger partial charge in [0.25, 0.3) is 23.6 Å². The van der Waals surface area contributed by atoms with Crippen molar-refractivity contribution in [2.45, 2.75) is 39.2 Å². The van der Waals surface area contributed by atoms with Crippen LogP contribution in [0.4, 0.5) is 22.0 Å². The molecule has 0 saturated carbocycles. The predicted molar refractivity (Wildman–Crippen MR) is 204 cm³/mol. The molecule has 4 aromatic heterocycles. The summed E-state index contributed by atoms with van der Waals surface area (Å²) in [6, 6.07) is 2.94. The first kappa shape index (κ1) is 41.2. The molecule has 0 aromatic carbocycles. The van der Waals surface area contributed by atoms with E-state index in [1.165, 1.54) is 49.3 Å². The van der Waals surface area contributed by atoms with Gasteiger partial charge in [-0.1, -0.05) is 0 Å². The molecule has 5 heterocycles. The number of aryl methyl sites for hydroxylation is 4. The van der Waals surface area contributed by atoms with Gasteiger partial charge in [-0.15, -0.1) is 0 Å². The molecule has 0 bridgehead atoms. The quantitative estimate of drug-likeness (QED) is 0.107. The Bertz CT molecular complexity index is 2210. The zero-order chi connectivity index (χ0) is 41.8. The molecule has 1 fully saturated rings.